The lowest BCUT2D eigenvalue weighted by Gasteiger charge is -2.23. The van der Waals surface area contributed by atoms with Gasteiger partial charge in [-0.3, -0.25) is 0 Å². The number of halogens is 1. The highest BCUT2D eigenvalue weighted by Gasteiger charge is 2.17. The third kappa shape index (κ3) is 2.41. The van der Waals surface area contributed by atoms with Crippen molar-refractivity contribution in [1.29, 1.82) is 0 Å². The van der Waals surface area contributed by atoms with Crippen molar-refractivity contribution < 1.29 is 9.50 Å². The Bertz CT molecular complexity index is 329. The van der Waals surface area contributed by atoms with E-state index in [2.05, 4.69) is 4.90 Å². The Balaban J connectivity index is 2.13. The van der Waals surface area contributed by atoms with Crippen LogP contribution >= 0.6 is 0 Å². The Morgan fingerprint density at radius 2 is 2.00 bits per heavy atom. The number of phenolic OH excluding ortho intramolecular Hbond substituents is 1. The van der Waals surface area contributed by atoms with Crippen LogP contribution in [0.15, 0.2) is 24.3 Å². The first kappa shape index (κ1) is 10.3. The SMILES string of the molecule is Oc1ccccc1N1CCCC(F)CC1. The highest BCUT2D eigenvalue weighted by Crippen LogP contribution is 2.28. The predicted octanol–water partition coefficient (Wildman–Crippen LogP) is 2.72. The Morgan fingerprint density at radius 3 is 2.80 bits per heavy atom. The third-order valence-corrected chi connectivity index (χ3v) is 2.88. The summed E-state index contributed by atoms with van der Waals surface area (Å²) in [5.41, 5.74) is 0.826. The molecule has 0 aromatic heterocycles. The first-order chi connectivity index (χ1) is 7.27. The molecule has 1 fully saturated rings. The van der Waals surface area contributed by atoms with Crippen LogP contribution in [0.1, 0.15) is 19.3 Å². The van der Waals surface area contributed by atoms with Crippen LogP contribution < -0.4 is 4.90 Å². The van der Waals surface area contributed by atoms with Crippen molar-refractivity contribution in [2.45, 2.75) is 25.4 Å². The number of phenols is 1. The Kier molecular flexibility index (Phi) is 3.09. The van der Waals surface area contributed by atoms with E-state index in [-0.39, 0.29) is 5.75 Å². The normalized spacial score (nSPS) is 22.5. The lowest BCUT2D eigenvalue weighted by atomic mass is 10.2. The number of aromatic hydroxyl groups is 1. The van der Waals surface area contributed by atoms with Crippen molar-refractivity contribution in [3.8, 4) is 5.75 Å². The van der Waals surface area contributed by atoms with Gasteiger partial charge in [0.05, 0.1) is 5.69 Å². The maximum absolute atomic E-state index is 13.1. The number of hydrogen-bond acceptors (Lipinski definition) is 2. The van der Waals surface area contributed by atoms with Crippen LogP contribution in [0.25, 0.3) is 0 Å². The summed E-state index contributed by atoms with van der Waals surface area (Å²) in [5.74, 6) is 0.287. The topological polar surface area (TPSA) is 23.5 Å². The minimum absolute atomic E-state index is 0.287. The largest absolute Gasteiger partial charge is 0.506 e. The van der Waals surface area contributed by atoms with E-state index >= 15 is 0 Å². The number of para-hydroxylation sites is 2. The molecule has 0 bridgehead atoms. The van der Waals surface area contributed by atoms with Gasteiger partial charge in [0.2, 0.25) is 0 Å². The molecule has 1 aliphatic heterocycles. The zero-order valence-corrected chi connectivity index (χ0v) is 8.69. The van der Waals surface area contributed by atoms with Gasteiger partial charge in [-0.15, -0.1) is 0 Å². The fourth-order valence-electron chi connectivity index (χ4n) is 2.03. The summed E-state index contributed by atoms with van der Waals surface area (Å²) >= 11 is 0. The molecular weight excluding hydrogens is 193 g/mol. The van der Waals surface area contributed by atoms with Gasteiger partial charge >= 0.3 is 0 Å². The zero-order chi connectivity index (χ0) is 10.7. The van der Waals surface area contributed by atoms with Crippen molar-refractivity contribution >= 4 is 5.69 Å². The van der Waals surface area contributed by atoms with E-state index < -0.39 is 6.17 Å². The summed E-state index contributed by atoms with van der Waals surface area (Å²) in [6.07, 6.45) is 1.38. The molecule has 1 aromatic rings. The molecule has 3 heteroatoms. The molecule has 2 nitrogen and oxygen atoms in total. The van der Waals surface area contributed by atoms with Crippen LogP contribution in [0, 0.1) is 0 Å². The minimum Gasteiger partial charge on any atom is -0.506 e. The fraction of sp³-hybridized carbons (Fsp3) is 0.500. The summed E-state index contributed by atoms with van der Waals surface area (Å²) in [5, 5.41) is 9.69. The molecule has 1 aliphatic rings. The van der Waals surface area contributed by atoms with E-state index in [0.29, 0.717) is 19.4 Å². The molecule has 1 unspecified atom stereocenters. The number of nitrogens with zero attached hydrogens (tertiary/aromatic N) is 1. The molecule has 0 spiro atoms. The van der Waals surface area contributed by atoms with Gasteiger partial charge in [0.25, 0.3) is 0 Å². The van der Waals surface area contributed by atoms with E-state index in [1.807, 2.05) is 12.1 Å². The van der Waals surface area contributed by atoms with Gasteiger partial charge in [0.15, 0.2) is 0 Å². The minimum atomic E-state index is -0.680. The molecule has 0 amide bonds. The lowest BCUT2D eigenvalue weighted by molar-refractivity contribution is 0.307. The molecule has 0 radical (unpaired) electrons. The standard InChI is InChI=1S/C12H16FNO/c13-10-4-3-8-14(9-7-10)11-5-1-2-6-12(11)15/h1-2,5-6,10,15H,3-4,7-9H2. The van der Waals surface area contributed by atoms with Crippen molar-refractivity contribution in [2.24, 2.45) is 0 Å². The summed E-state index contributed by atoms with van der Waals surface area (Å²) in [6, 6.07) is 7.25. The van der Waals surface area contributed by atoms with E-state index in [4.69, 9.17) is 0 Å². The first-order valence-electron chi connectivity index (χ1n) is 5.44. The smallest absolute Gasteiger partial charge is 0.138 e. The van der Waals surface area contributed by atoms with E-state index in [9.17, 15) is 9.50 Å². The average molecular weight is 209 g/mol. The molecule has 2 rings (SSSR count). The third-order valence-electron chi connectivity index (χ3n) is 2.88. The number of benzene rings is 1. The number of anilines is 1. The molecule has 0 saturated carbocycles. The second kappa shape index (κ2) is 4.51. The quantitative estimate of drug-likeness (QED) is 0.768. The number of alkyl halides is 1. The van der Waals surface area contributed by atoms with Gasteiger partial charge in [-0.25, -0.2) is 4.39 Å². The van der Waals surface area contributed by atoms with Gasteiger partial charge in [-0.05, 0) is 31.4 Å². The molecule has 1 saturated heterocycles. The Morgan fingerprint density at radius 1 is 1.20 bits per heavy atom. The van der Waals surface area contributed by atoms with Crippen LogP contribution in [-0.2, 0) is 0 Å². The van der Waals surface area contributed by atoms with Crippen LogP contribution in [0.2, 0.25) is 0 Å². The van der Waals surface area contributed by atoms with Gasteiger partial charge in [0.1, 0.15) is 11.9 Å². The van der Waals surface area contributed by atoms with Crippen molar-refractivity contribution in [2.75, 3.05) is 18.0 Å². The van der Waals surface area contributed by atoms with Crippen LogP contribution in [0.4, 0.5) is 10.1 Å². The summed E-state index contributed by atoms with van der Waals surface area (Å²) in [4.78, 5) is 2.06. The van der Waals surface area contributed by atoms with Gasteiger partial charge in [-0.2, -0.15) is 0 Å². The monoisotopic (exact) mass is 209 g/mol. The first-order valence-corrected chi connectivity index (χ1v) is 5.44. The molecule has 1 heterocycles. The second-order valence-corrected chi connectivity index (χ2v) is 4.00. The van der Waals surface area contributed by atoms with Gasteiger partial charge in [0, 0.05) is 13.1 Å². The van der Waals surface area contributed by atoms with Crippen LogP contribution in [0.3, 0.4) is 0 Å². The van der Waals surface area contributed by atoms with Gasteiger partial charge in [-0.1, -0.05) is 12.1 Å². The van der Waals surface area contributed by atoms with Crippen molar-refractivity contribution in [3.63, 3.8) is 0 Å². The van der Waals surface area contributed by atoms with Crippen molar-refractivity contribution in [1.82, 2.24) is 0 Å². The molecule has 15 heavy (non-hydrogen) atoms. The summed E-state index contributed by atoms with van der Waals surface area (Å²) < 4.78 is 13.1. The highest BCUT2D eigenvalue weighted by molar-refractivity contribution is 5.57. The molecule has 1 aromatic carbocycles. The molecule has 0 aliphatic carbocycles. The average Bonchev–Trinajstić information content (AvgIpc) is 2.44. The molecule has 82 valence electrons. The fourth-order valence-corrected chi connectivity index (χ4v) is 2.03. The number of rotatable bonds is 1. The Hall–Kier alpha value is -1.25. The Labute approximate surface area is 89.3 Å². The van der Waals surface area contributed by atoms with E-state index in [0.717, 1.165) is 18.7 Å². The zero-order valence-electron chi connectivity index (χ0n) is 8.69. The predicted molar refractivity (Wildman–Crippen MR) is 59.1 cm³/mol. The van der Waals surface area contributed by atoms with Crippen LogP contribution in [0.5, 0.6) is 5.75 Å². The lowest BCUT2D eigenvalue weighted by Crippen LogP contribution is -2.24. The maximum atomic E-state index is 13.1. The summed E-state index contributed by atoms with van der Waals surface area (Å²) in [7, 11) is 0. The summed E-state index contributed by atoms with van der Waals surface area (Å²) in [6.45, 7) is 1.52. The second-order valence-electron chi connectivity index (χ2n) is 4.00. The highest BCUT2D eigenvalue weighted by atomic mass is 19.1. The van der Waals surface area contributed by atoms with Crippen LogP contribution in [-0.4, -0.2) is 24.4 Å². The molecular formula is C12H16FNO. The molecule has 1 atom stereocenters. The molecule has 1 N–H and O–H groups in total. The van der Waals surface area contributed by atoms with E-state index in [1.165, 1.54) is 0 Å². The number of hydrogen-bond donors (Lipinski definition) is 1. The maximum Gasteiger partial charge on any atom is 0.138 e. The van der Waals surface area contributed by atoms with Gasteiger partial charge < -0.3 is 10.0 Å². The van der Waals surface area contributed by atoms with E-state index in [1.54, 1.807) is 12.1 Å². The van der Waals surface area contributed by atoms with Crippen molar-refractivity contribution in [3.05, 3.63) is 24.3 Å².